The van der Waals surface area contributed by atoms with E-state index in [2.05, 4.69) is 15.9 Å². The standard InChI is InChI=1S/C11H13BrO5S/c1-16-9-3-2-8(12)4-10(9)18(14,15)7-11(13)5-17-6-11/h2-4,13H,5-7H2,1H3. The van der Waals surface area contributed by atoms with Gasteiger partial charge in [0.15, 0.2) is 9.84 Å². The average Bonchev–Trinajstić information content (AvgIpc) is 2.26. The van der Waals surface area contributed by atoms with E-state index in [1.807, 2.05) is 0 Å². The summed E-state index contributed by atoms with van der Waals surface area (Å²) in [5, 5.41) is 9.88. The lowest BCUT2D eigenvalue weighted by atomic mass is 10.1. The number of hydrogen-bond donors (Lipinski definition) is 1. The van der Waals surface area contributed by atoms with E-state index in [1.54, 1.807) is 12.1 Å². The van der Waals surface area contributed by atoms with E-state index in [4.69, 9.17) is 9.47 Å². The second-order valence-corrected chi connectivity index (χ2v) is 7.15. The molecule has 1 aliphatic heterocycles. The summed E-state index contributed by atoms with van der Waals surface area (Å²) in [6, 6.07) is 4.73. The van der Waals surface area contributed by atoms with Crippen molar-refractivity contribution in [3.8, 4) is 5.75 Å². The van der Waals surface area contributed by atoms with Crippen LogP contribution >= 0.6 is 15.9 Å². The van der Waals surface area contributed by atoms with Crippen LogP contribution in [0.2, 0.25) is 0 Å². The fourth-order valence-electron chi connectivity index (χ4n) is 1.75. The fraction of sp³-hybridized carbons (Fsp3) is 0.455. The number of benzene rings is 1. The minimum absolute atomic E-state index is 0.0442. The molecule has 0 aromatic heterocycles. The Kier molecular flexibility index (Phi) is 3.68. The highest BCUT2D eigenvalue weighted by Crippen LogP contribution is 2.31. The van der Waals surface area contributed by atoms with Gasteiger partial charge in [-0.25, -0.2) is 8.42 Å². The van der Waals surface area contributed by atoms with Crippen LogP contribution < -0.4 is 4.74 Å². The van der Waals surface area contributed by atoms with Crippen LogP contribution in [0.3, 0.4) is 0 Å². The number of methoxy groups -OCH3 is 1. The molecular weight excluding hydrogens is 324 g/mol. The summed E-state index contributed by atoms with van der Waals surface area (Å²) >= 11 is 3.22. The maximum atomic E-state index is 12.3. The summed E-state index contributed by atoms with van der Waals surface area (Å²) in [5.41, 5.74) is -1.29. The normalized spacial score (nSPS) is 18.2. The third-order valence-corrected chi connectivity index (χ3v) is 5.06. The Morgan fingerprint density at radius 1 is 1.50 bits per heavy atom. The molecule has 100 valence electrons. The van der Waals surface area contributed by atoms with E-state index in [1.165, 1.54) is 13.2 Å². The zero-order valence-electron chi connectivity index (χ0n) is 9.72. The van der Waals surface area contributed by atoms with Gasteiger partial charge in [0, 0.05) is 4.47 Å². The Hall–Kier alpha value is -0.630. The first-order valence-corrected chi connectivity index (χ1v) is 7.67. The molecule has 0 spiro atoms. The summed E-state index contributed by atoms with van der Waals surface area (Å²) < 4.78 is 35.0. The number of sulfone groups is 1. The van der Waals surface area contributed by atoms with Crippen molar-refractivity contribution in [2.45, 2.75) is 10.5 Å². The van der Waals surface area contributed by atoms with Crippen molar-refractivity contribution in [3.63, 3.8) is 0 Å². The number of rotatable bonds is 4. The first kappa shape index (κ1) is 13.8. The molecule has 1 fully saturated rings. The molecule has 1 aliphatic rings. The molecule has 0 amide bonds. The van der Waals surface area contributed by atoms with E-state index in [0.717, 1.165) is 0 Å². The molecule has 1 saturated heterocycles. The van der Waals surface area contributed by atoms with Crippen LogP contribution in [0.1, 0.15) is 0 Å². The van der Waals surface area contributed by atoms with Gasteiger partial charge in [-0.15, -0.1) is 0 Å². The van der Waals surface area contributed by atoms with Crippen LogP contribution in [0.15, 0.2) is 27.6 Å². The molecule has 18 heavy (non-hydrogen) atoms. The van der Waals surface area contributed by atoms with Crippen molar-refractivity contribution in [3.05, 3.63) is 22.7 Å². The zero-order chi connectivity index (χ0) is 13.4. The third kappa shape index (κ3) is 2.69. The van der Waals surface area contributed by atoms with Gasteiger partial charge in [0.05, 0.1) is 26.1 Å². The van der Waals surface area contributed by atoms with Crippen LogP contribution in [0, 0.1) is 0 Å². The fourth-order valence-corrected chi connectivity index (χ4v) is 4.05. The molecule has 0 unspecified atom stereocenters. The van der Waals surface area contributed by atoms with Gasteiger partial charge < -0.3 is 14.6 Å². The molecular formula is C11H13BrO5S. The summed E-state index contributed by atoms with van der Waals surface area (Å²) in [6.45, 7) is 0.0884. The van der Waals surface area contributed by atoms with Gasteiger partial charge in [-0.2, -0.15) is 0 Å². The lowest BCUT2D eigenvalue weighted by molar-refractivity contribution is -0.163. The maximum absolute atomic E-state index is 12.3. The van der Waals surface area contributed by atoms with Crippen LogP contribution in [0.5, 0.6) is 5.75 Å². The maximum Gasteiger partial charge on any atom is 0.185 e. The van der Waals surface area contributed by atoms with Gasteiger partial charge in [-0.1, -0.05) is 15.9 Å². The highest BCUT2D eigenvalue weighted by atomic mass is 79.9. The monoisotopic (exact) mass is 336 g/mol. The van der Waals surface area contributed by atoms with Gasteiger partial charge in [0.2, 0.25) is 0 Å². The Bertz CT molecular complexity index is 551. The van der Waals surface area contributed by atoms with Crippen LogP contribution in [0.25, 0.3) is 0 Å². The summed E-state index contributed by atoms with van der Waals surface area (Å²) in [5.74, 6) is -0.102. The van der Waals surface area contributed by atoms with Crippen molar-refractivity contribution in [1.29, 1.82) is 0 Å². The SMILES string of the molecule is COc1ccc(Br)cc1S(=O)(=O)CC1(O)COC1. The number of hydrogen-bond acceptors (Lipinski definition) is 5. The Morgan fingerprint density at radius 3 is 2.67 bits per heavy atom. The Labute approximate surface area is 114 Å². The van der Waals surface area contributed by atoms with E-state index in [-0.39, 0.29) is 29.6 Å². The van der Waals surface area contributed by atoms with Gasteiger partial charge in [0.25, 0.3) is 0 Å². The molecule has 0 aliphatic carbocycles. The largest absolute Gasteiger partial charge is 0.495 e. The van der Waals surface area contributed by atoms with E-state index in [0.29, 0.717) is 4.47 Å². The van der Waals surface area contributed by atoms with Crippen molar-refractivity contribution < 1.29 is 23.0 Å². The van der Waals surface area contributed by atoms with Crippen molar-refractivity contribution in [1.82, 2.24) is 0 Å². The van der Waals surface area contributed by atoms with Gasteiger partial charge in [0.1, 0.15) is 16.2 Å². The predicted molar refractivity (Wildman–Crippen MR) is 68.5 cm³/mol. The molecule has 2 rings (SSSR count). The van der Waals surface area contributed by atoms with E-state index >= 15 is 0 Å². The molecule has 1 heterocycles. The second-order valence-electron chi connectivity index (χ2n) is 4.27. The highest BCUT2D eigenvalue weighted by molar-refractivity contribution is 9.10. The first-order valence-electron chi connectivity index (χ1n) is 5.23. The van der Waals surface area contributed by atoms with Crippen molar-refractivity contribution in [2.75, 3.05) is 26.1 Å². The van der Waals surface area contributed by atoms with Gasteiger partial charge >= 0.3 is 0 Å². The second kappa shape index (κ2) is 4.80. The number of ether oxygens (including phenoxy) is 2. The van der Waals surface area contributed by atoms with E-state index in [9.17, 15) is 13.5 Å². The summed E-state index contributed by atoms with van der Waals surface area (Å²) in [4.78, 5) is 0.0692. The van der Waals surface area contributed by atoms with Gasteiger partial charge in [-0.05, 0) is 18.2 Å². The first-order chi connectivity index (χ1) is 8.36. The Morgan fingerprint density at radius 2 is 2.17 bits per heavy atom. The number of halogens is 1. The minimum Gasteiger partial charge on any atom is -0.495 e. The highest BCUT2D eigenvalue weighted by Gasteiger charge is 2.41. The smallest absolute Gasteiger partial charge is 0.185 e. The zero-order valence-corrected chi connectivity index (χ0v) is 12.1. The van der Waals surface area contributed by atoms with Crippen molar-refractivity contribution in [2.24, 2.45) is 0 Å². The van der Waals surface area contributed by atoms with Crippen LogP contribution in [0.4, 0.5) is 0 Å². The molecule has 0 saturated carbocycles. The van der Waals surface area contributed by atoms with Gasteiger partial charge in [-0.3, -0.25) is 0 Å². The summed E-state index contributed by atoms with van der Waals surface area (Å²) in [7, 11) is -2.22. The third-order valence-electron chi connectivity index (χ3n) is 2.66. The lowest BCUT2D eigenvalue weighted by Gasteiger charge is -2.35. The van der Waals surface area contributed by atoms with Crippen molar-refractivity contribution >= 4 is 25.8 Å². The molecule has 0 bridgehead atoms. The molecule has 0 atom stereocenters. The summed E-state index contributed by atoms with van der Waals surface area (Å²) in [6.07, 6.45) is 0. The van der Waals surface area contributed by atoms with E-state index < -0.39 is 15.4 Å². The Balaban J connectivity index is 2.37. The molecule has 1 N–H and O–H groups in total. The predicted octanol–water partition coefficient (Wildman–Crippen LogP) is 0.993. The number of aliphatic hydroxyl groups is 1. The molecule has 1 aromatic carbocycles. The molecule has 7 heteroatoms. The molecule has 5 nitrogen and oxygen atoms in total. The van der Waals surface area contributed by atoms with Crippen LogP contribution in [-0.2, 0) is 14.6 Å². The molecule has 1 aromatic rings. The minimum atomic E-state index is -3.63. The topological polar surface area (TPSA) is 72.8 Å². The lowest BCUT2D eigenvalue weighted by Crippen LogP contribution is -2.54. The quantitative estimate of drug-likeness (QED) is 0.887. The van der Waals surface area contributed by atoms with Crippen LogP contribution in [-0.4, -0.2) is 45.2 Å². The average molecular weight is 337 g/mol. The molecule has 0 radical (unpaired) electrons.